The summed E-state index contributed by atoms with van der Waals surface area (Å²) in [6, 6.07) is 0. The van der Waals surface area contributed by atoms with Gasteiger partial charge in [-0.1, -0.05) is 78.1 Å². The quantitative estimate of drug-likeness (QED) is 0.109. The fourth-order valence-electron chi connectivity index (χ4n) is 3.21. The van der Waals surface area contributed by atoms with Crippen LogP contribution in [0.2, 0.25) is 0 Å². The molecule has 0 radical (unpaired) electrons. The average Bonchev–Trinajstić information content (AvgIpc) is 2.80. The highest BCUT2D eigenvalue weighted by Gasteiger charge is 2.02. The predicted octanol–water partition coefficient (Wildman–Crippen LogP) is 6.10. The molecule has 0 rings (SSSR count). The Bertz CT molecular complexity index is 364. The van der Waals surface area contributed by atoms with Crippen LogP contribution < -0.4 is 0 Å². The third kappa shape index (κ3) is 27.3. The molecule has 0 fully saturated rings. The third-order valence-electron chi connectivity index (χ3n) is 5.19. The maximum atomic E-state index is 11.7. The summed E-state index contributed by atoms with van der Waals surface area (Å²) in [6.45, 7) is 9.87. The molecular weight excluding hydrogens is 408 g/mol. The normalized spacial score (nSPS) is 11.2. The lowest BCUT2D eigenvalue weighted by atomic mass is 10.1. The maximum absolute atomic E-state index is 11.7. The topological polar surface area (TPSA) is 63.2 Å². The molecule has 0 saturated carbocycles. The van der Waals surface area contributed by atoms with Crippen LogP contribution in [0.3, 0.4) is 0 Å². The van der Waals surface area contributed by atoms with E-state index in [2.05, 4.69) is 13.8 Å². The molecule has 0 amide bonds. The Kier molecular flexibility index (Phi) is 27.7. The second-order valence-corrected chi connectivity index (χ2v) is 8.31. The lowest BCUT2D eigenvalue weighted by molar-refractivity contribution is -0.144. The van der Waals surface area contributed by atoms with Crippen LogP contribution in [-0.4, -0.2) is 65.4 Å². The van der Waals surface area contributed by atoms with E-state index in [0.717, 1.165) is 25.9 Å². The van der Waals surface area contributed by atoms with Crippen molar-refractivity contribution in [3.05, 3.63) is 0 Å². The Morgan fingerprint density at radius 3 is 1.31 bits per heavy atom. The second kappa shape index (κ2) is 28.3. The third-order valence-corrected chi connectivity index (χ3v) is 5.19. The molecule has 0 aliphatic carbocycles. The van der Waals surface area contributed by atoms with Gasteiger partial charge in [0.05, 0.1) is 46.2 Å². The fraction of sp³-hybridized carbons (Fsp3) is 0.962. The van der Waals surface area contributed by atoms with E-state index in [4.69, 9.17) is 23.7 Å². The van der Waals surface area contributed by atoms with Gasteiger partial charge in [-0.3, -0.25) is 4.79 Å². The summed E-state index contributed by atoms with van der Waals surface area (Å²) >= 11 is 0. The maximum Gasteiger partial charge on any atom is 0.305 e. The number of unbranched alkanes of at least 4 members (excludes halogenated alkanes) is 10. The van der Waals surface area contributed by atoms with Crippen molar-refractivity contribution in [1.29, 1.82) is 0 Å². The molecule has 0 aromatic rings. The van der Waals surface area contributed by atoms with Gasteiger partial charge in [-0.25, -0.2) is 0 Å². The summed E-state index contributed by atoms with van der Waals surface area (Å²) in [5, 5.41) is 0. The number of carbonyl (C=O) groups excluding carboxylic acids is 1. The van der Waals surface area contributed by atoms with Crippen molar-refractivity contribution in [3.8, 4) is 0 Å². The SMILES string of the molecule is CCCCCCCCCOC(=O)CCCOCCOCCOCCOCCCCCCC. The molecular formula is C26H52O6. The summed E-state index contributed by atoms with van der Waals surface area (Å²) in [7, 11) is 0. The van der Waals surface area contributed by atoms with E-state index in [9.17, 15) is 4.79 Å². The van der Waals surface area contributed by atoms with E-state index in [1.807, 2.05) is 0 Å². The molecule has 0 bridgehead atoms. The molecule has 0 aliphatic rings. The van der Waals surface area contributed by atoms with Gasteiger partial charge in [0.2, 0.25) is 0 Å². The minimum Gasteiger partial charge on any atom is -0.466 e. The Labute approximate surface area is 198 Å². The molecule has 0 N–H and O–H groups in total. The molecule has 0 aliphatic heterocycles. The zero-order chi connectivity index (χ0) is 23.4. The van der Waals surface area contributed by atoms with Crippen molar-refractivity contribution < 1.29 is 28.5 Å². The average molecular weight is 461 g/mol. The first-order valence-electron chi connectivity index (χ1n) is 13.3. The van der Waals surface area contributed by atoms with Crippen molar-refractivity contribution in [2.45, 2.75) is 104 Å². The molecule has 0 aromatic heterocycles. The van der Waals surface area contributed by atoms with Crippen LogP contribution in [0.25, 0.3) is 0 Å². The van der Waals surface area contributed by atoms with Gasteiger partial charge in [-0.2, -0.15) is 0 Å². The monoisotopic (exact) mass is 460 g/mol. The van der Waals surface area contributed by atoms with Crippen LogP contribution in [0.15, 0.2) is 0 Å². The van der Waals surface area contributed by atoms with Crippen LogP contribution in [0.4, 0.5) is 0 Å². The van der Waals surface area contributed by atoms with Crippen LogP contribution in [-0.2, 0) is 28.5 Å². The van der Waals surface area contributed by atoms with E-state index in [1.165, 1.54) is 57.8 Å². The summed E-state index contributed by atoms with van der Waals surface area (Å²) in [4.78, 5) is 11.7. The molecule has 6 nitrogen and oxygen atoms in total. The van der Waals surface area contributed by atoms with Crippen LogP contribution in [0.1, 0.15) is 104 Å². The van der Waals surface area contributed by atoms with Gasteiger partial charge >= 0.3 is 5.97 Å². The Balaban J connectivity index is 3.11. The van der Waals surface area contributed by atoms with Crippen molar-refractivity contribution >= 4 is 5.97 Å². The van der Waals surface area contributed by atoms with Crippen molar-refractivity contribution in [2.75, 3.05) is 59.5 Å². The number of carbonyl (C=O) groups is 1. The summed E-state index contributed by atoms with van der Waals surface area (Å²) in [6.07, 6.45) is 16.0. The van der Waals surface area contributed by atoms with Gasteiger partial charge in [-0.15, -0.1) is 0 Å². The molecule has 192 valence electrons. The summed E-state index contributed by atoms with van der Waals surface area (Å²) < 4.78 is 27.2. The summed E-state index contributed by atoms with van der Waals surface area (Å²) in [5.41, 5.74) is 0. The zero-order valence-electron chi connectivity index (χ0n) is 21.2. The molecule has 32 heavy (non-hydrogen) atoms. The molecule has 6 heteroatoms. The van der Waals surface area contributed by atoms with Crippen molar-refractivity contribution in [2.24, 2.45) is 0 Å². The smallest absolute Gasteiger partial charge is 0.305 e. The van der Waals surface area contributed by atoms with Gasteiger partial charge < -0.3 is 23.7 Å². The van der Waals surface area contributed by atoms with E-state index in [1.54, 1.807) is 0 Å². The van der Waals surface area contributed by atoms with Gasteiger partial charge in [0.15, 0.2) is 0 Å². The van der Waals surface area contributed by atoms with Crippen LogP contribution >= 0.6 is 0 Å². The highest BCUT2D eigenvalue weighted by atomic mass is 16.6. The summed E-state index contributed by atoms with van der Waals surface area (Å²) in [5.74, 6) is -0.117. The molecule has 0 spiro atoms. The lowest BCUT2D eigenvalue weighted by Gasteiger charge is -2.08. The van der Waals surface area contributed by atoms with Crippen molar-refractivity contribution in [3.63, 3.8) is 0 Å². The number of ether oxygens (including phenoxy) is 5. The lowest BCUT2D eigenvalue weighted by Crippen LogP contribution is -2.12. The number of rotatable bonds is 27. The highest BCUT2D eigenvalue weighted by molar-refractivity contribution is 5.69. The van der Waals surface area contributed by atoms with Crippen molar-refractivity contribution in [1.82, 2.24) is 0 Å². The van der Waals surface area contributed by atoms with Crippen LogP contribution in [0, 0.1) is 0 Å². The van der Waals surface area contributed by atoms with Gasteiger partial charge in [-0.05, 0) is 19.3 Å². The van der Waals surface area contributed by atoms with Gasteiger partial charge in [0.1, 0.15) is 0 Å². The largest absolute Gasteiger partial charge is 0.466 e. The number of esters is 1. The minimum absolute atomic E-state index is 0.117. The van der Waals surface area contributed by atoms with E-state index in [0.29, 0.717) is 65.7 Å². The fourth-order valence-corrected chi connectivity index (χ4v) is 3.21. The Morgan fingerprint density at radius 1 is 0.438 bits per heavy atom. The molecule has 0 heterocycles. The zero-order valence-corrected chi connectivity index (χ0v) is 21.2. The van der Waals surface area contributed by atoms with Crippen LogP contribution in [0.5, 0.6) is 0 Å². The molecule has 0 unspecified atom stereocenters. The first kappa shape index (κ1) is 31.3. The Hall–Kier alpha value is -0.690. The van der Waals surface area contributed by atoms with E-state index < -0.39 is 0 Å². The second-order valence-electron chi connectivity index (χ2n) is 8.31. The first-order chi connectivity index (χ1) is 15.8. The molecule has 0 atom stereocenters. The predicted molar refractivity (Wildman–Crippen MR) is 130 cm³/mol. The Morgan fingerprint density at radius 2 is 0.812 bits per heavy atom. The van der Waals surface area contributed by atoms with E-state index >= 15 is 0 Å². The van der Waals surface area contributed by atoms with Gasteiger partial charge in [0.25, 0.3) is 0 Å². The first-order valence-corrected chi connectivity index (χ1v) is 13.3. The molecule has 0 aromatic carbocycles. The standard InChI is InChI=1S/C26H52O6/c1-3-5-7-9-10-12-14-19-32-26(27)16-15-18-29-21-23-31-25-24-30-22-20-28-17-13-11-8-6-4-2/h3-25H2,1-2H3. The van der Waals surface area contributed by atoms with E-state index in [-0.39, 0.29) is 5.97 Å². The minimum atomic E-state index is -0.117. The number of hydrogen-bond donors (Lipinski definition) is 0. The highest BCUT2D eigenvalue weighted by Crippen LogP contribution is 2.07. The van der Waals surface area contributed by atoms with Gasteiger partial charge in [0, 0.05) is 19.6 Å². The number of hydrogen-bond acceptors (Lipinski definition) is 6. The molecule has 0 saturated heterocycles.